The molecule has 0 spiro atoms. The molecule has 2 aromatic carbocycles. The minimum absolute atomic E-state index is 0.154. The molecule has 0 aliphatic heterocycles. The van der Waals surface area contributed by atoms with Crippen LogP contribution in [0.1, 0.15) is 12.0 Å². The highest BCUT2D eigenvalue weighted by Gasteiger charge is 2.16. The van der Waals surface area contributed by atoms with E-state index in [0.29, 0.717) is 18.0 Å². The van der Waals surface area contributed by atoms with Crippen molar-refractivity contribution in [3.63, 3.8) is 0 Å². The number of aromatic nitrogens is 2. The maximum atomic E-state index is 13.9. The predicted octanol–water partition coefficient (Wildman–Crippen LogP) is 4.96. The Morgan fingerprint density at radius 2 is 1.87 bits per heavy atom. The molecule has 31 heavy (non-hydrogen) atoms. The highest BCUT2D eigenvalue weighted by atomic mass is 19.1. The molecule has 6 nitrogen and oxygen atoms in total. The average molecular weight is 419 g/mol. The zero-order valence-electron chi connectivity index (χ0n) is 17.2. The quantitative estimate of drug-likeness (QED) is 0.444. The van der Waals surface area contributed by atoms with Crippen molar-refractivity contribution in [2.45, 2.75) is 12.8 Å². The largest absolute Gasteiger partial charge is 0.497 e. The molecule has 2 aromatic heterocycles. The van der Waals surface area contributed by atoms with Crippen LogP contribution in [0.25, 0.3) is 22.2 Å². The number of halogens is 1. The standard InChI is InChI=1S/C24H22FN3O3/c1-30-18-7-3-15(4-8-18)24-19(20-13-16(25)5-10-21(20)28-24)9-11-22(29)27-17-6-12-23(31-2)26-14-17/h3-8,10,12-14,28H,9,11H2,1-2H3,(H,27,29). The summed E-state index contributed by atoms with van der Waals surface area (Å²) in [6, 6.07) is 15.7. The van der Waals surface area contributed by atoms with Gasteiger partial charge in [-0.25, -0.2) is 9.37 Å². The molecule has 0 saturated heterocycles. The molecule has 4 rings (SSSR count). The van der Waals surface area contributed by atoms with Gasteiger partial charge in [0.1, 0.15) is 11.6 Å². The van der Waals surface area contributed by atoms with Crippen molar-refractivity contribution in [2.75, 3.05) is 19.5 Å². The topological polar surface area (TPSA) is 76.2 Å². The van der Waals surface area contributed by atoms with Crippen molar-refractivity contribution in [3.8, 4) is 22.9 Å². The number of fused-ring (bicyclic) bond motifs is 1. The van der Waals surface area contributed by atoms with Gasteiger partial charge in [0.25, 0.3) is 0 Å². The minimum atomic E-state index is -0.317. The van der Waals surface area contributed by atoms with Gasteiger partial charge in [-0.1, -0.05) is 0 Å². The molecule has 4 aromatic rings. The van der Waals surface area contributed by atoms with Crippen molar-refractivity contribution in [3.05, 3.63) is 72.2 Å². The molecule has 7 heteroatoms. The van der Waals surface area contributed by atoms with E-state index in [4.69, 9.17) is 9.47 Å². The average Bonchev–Trinajstić information content (AvgIpc) is 3.16. The fourth-order valence-corrected chi connectivity index (χ4v) is 3.52. The number of hydrogen-bond acceptors (Lipinski definition) is 4. The molecule has 1 amide bonds. The highest BCUT2D eigenvalue weighted by molar-refractivity contribution is 5.94. The number of aryl methyl sites for hydroxylation is 1. The Labute approximate surface area is 179 Å². The number of aromatic amines is 1. The van der Waals surface area contributed by atoms with Crippen LogP contribution in [-0.4, -0.2) is 30.1 Å². The first-order valence-electron chi connectivity index (χ1n) is 9.82. The number of rotatable bonds is 7. The first-order valence-corrected chi connectivity index (χ1v) is 9.82. The van der Waals surface area contributed by atoms with E-state index in [1.165, 1.54) is 19.2 Å². The van der Waals surface area contributed by atoms with Crippen LogP contribution in [0.2, 0.25) is 0 Å². The second-order valence-corrected chi connectivity index (χ2v) is 7.03. The van der Waals surface area contributed by atoms with E-state index in [1.54, 1.807) is 31.5 Å². The van der Waals surface area contributed by atoms with Crippen LogP contribution in [0, 0.1) is 5.82 Å². The smallest absolute Gasteiger partial charge is 0.224 e. The normalized spacial score (nSPS) is 10.8. The number of H-pyrrole nitrogens is 1. The van der Waals surface area contributed by atoms with Crippen molar-refractivity contribution in [1.29, 1.82) is 0 Å². The Kier molecular flexibility index (Phi) is 5.84. The number of anilines is 1. The number of carbonyl (C=O) groups is 1. The summed E-state index contributed by atoms with van der Waals surface area (Å²) in [6.45, 7) is 0. The Balaban J connectivity index is 1.58. The zero-order valence-corrected chi connectivity index (χ0v) is 17.2. The van der Waals surface area contributed by atoms with Crippen molar-refractivity contribution in [1.82, 2.24) is 9.97 Å². The van der Waals surface area contributed by atoms with E-state index in [2.05, 4.69) is 15.3 Å². The van der Waals surface area contributed by atoms with Crippen molar-refractivity contribution >= 4 is 22.5 Å². The minimum Gasteiger partial charge on any atom is -0.497 e. The van der Waals surface area contributed by atoms with E-state index in [9.17, 15) is 9.18 Å². The van der Waals surface area contributed by atoms with Gasteiger partial charge in [-0.2, -0.15) is 0 Å². The third kappa shape index (κ3) is 4.50. The summed E-state index contributed by atoms with van der Waals surface area (Å²) in [6.07, 6.45) is 2.22. The molecule has 0 aliphatic rings. The van der Waals surface area contributed by atoms with Gasteiger partial charge in [0.15, 0.2) is 0 Å². The van der Waals surface area contributed by atoms with E-state index >= 15 is 0 Å². The van der Waals surface area contributed by atoms with Gasteiger partial charge in [-0.15, -0.1) is 0 Å². The maximum Gasteiger partial charge on any atom is 0.224 e. The third-order valence-corrected chi connectivity index (χ3v) is 5.08. The third-order valence-electron chi connectivity index (χ3n) is 5.08. The molecular formula is C24H22FN3O3. The van der Waals surface area contributed by atoms with Crippen LogP contribution in [0.3, 0.4) is 0 Å². The number of nitrogens with one attached hydrogen (secondary N) is 2. The van der Waals surface area contributed by atoms with Crippen LogP contribution < -0.4 is 14.8 Å². The van der Waals surface area contributed by atoms with Gasteiger partial charge in [-0.05, 0) is 66.1 Å². The Bertz CT molecular complexity index is 1200. The number of ether oxygens (including phenoxy) is 2. The summed E-state index contributed by atoms with van der Waals surface area (Å²) in [4.78, 5) is 20.0. The van der Waals surface area contributed by atoms with Gasteiger partial charge in [0.05, 0.1) is 26.1 Å². The molecule has 2 N–H and O–H groups in total. The second-order valence-electron chi connectivity index (χ2n) is 7.03. The van der Waals surface area contributed by atoms with Gasteiger partial charge >= 0.3 is 0 Å². The second kappa shape index (κ2) is 8.87. The molecule has 0 radical (unpaired) electrons. The molecule has 0 fully saturated rings. The van der Waals surface area contributed by atoms with E-state index < -0.39 is 0 Å². The van der Waals surface area contributed by atoms with Crippen molar-refractivity contribution in [2.24, 2.45) is 0 Å². The lowest BCUT2D eigenvalue weighted by Crippen LogP contribution is -2.12. The van der Waals surface area contributed by atoms with Gasteiger partial charge in [-0.3, -0.25) is 4.79 Å². The fourth-order valence-electron chi connectivity index (χ4n) is 3.52. The van der Waals surface area contributed by atoms with Gasteiger partial charge in [0, 0.05) is 29.1 Å². The van der Waals surface area contributed by atoms with Gasteiger partial charge in [0.2, 0.25) is 11.8 Å². The monoisotopic (exact) mass is 419 g/mol. The molecule has 0 aliphatic carbocycles. The molecule has 0 bridgehead atoms. The number of nitrogens with zero attached hydrogens (tertiary/aromatic N) is 1. The van der Waals surface area contributed by atoms with Gasteiger partial charge < -0.3 is 19.8 Å². The lowest BCUT2D eigenvalue weighted by Gasteiger charge is -2.08. The first-order chi connectivity index (χ1) is 15.1. The van der Waals surface area contributed by atoms with Crippen LogP contribution >= 0.6 is 0 Å². The Morgan fingerprint density at radius 3 is 2.55 bits per heavy atom. The highest BCUT2D eigenvalue weighted by Crippen LogP contribution is 2.32. The van der Waals surface area contributed by atoms with E-state index in [-0.39, 0.29) is 18.1 Å². The number of methoxy groups -OCH3 is 2. The molecular weight excluding hydrogens is 397 g/mol. The summed E-state index contributed by atoms with van der Waals surface area (Å²) in [5.41, 5.74) is 4.10. The number of amides is 1. The Morgan fingerprint density at radius 1 is 1.06 bits per heavy atom. The first kappa shape index (κ1) is 20.4. The molecule has 0 atom stereocenters. The molecule has 0 unspecified atom stereocenters. The SMILES string of the molecule is COc1ccc(-c2[nH]c3ccc(F)cc3c2CCC(=O)Nc2ccc(OC)nc2)cc1. The van der Waals surface area contributed by atoms with Crippen LogP contribution in [0.15, 0.2) is 60.8 Å². The van der Waals surface area contributed by atoms with Crippen LogP contribution in [-0.2, 0) is 11.2 Å². The number of pyridine rings is 1. The van der Waals surface area contributed by atoms with E-state index in [0.717, 1.165) is 33.5 Å². The lowest BCUT2D eigenvalue weighted by atomic mass is 10.0. The van der Waals surface area contributed by atoms with Crippen LogP contribution in [0.5, 0.6) is 11.6 Å². The fraction of sp³-hybridized carbons (Fsp3) is 0.167. The molecule has 158 valence electrons. The number of carbonyl (C=O) groups excluding carboxylic acids is 1. The summed E-state index contributed by atoms with van der Waals surface area (Å²) in [5, 5.41) is 3.60. The summed E-state index contributed by atoms with van der Waals surface area (Å²) in [5.74, 6) is 0.754. The molecule has 2 heterocycles. The Hall–Kier alpha value is -3.87. The van der Waals surface area contributed by atoms with Crippen LogP contribution in [0.4, 0.5) is 10.1 Å². The number of hydrogen-bond donors (Lipinski definition) is 2. The maximum absolute atomic E-state index is 13.9. The summed E-state index contributed by atoms with van der Waals surface area (Å²) >= 11 is 0. The molecule has 0 saturated carbocycles. The predicted molar refractivity (Wildman–Crippen MR) is 118 cm³/mol. The zero-order chi connectivity index (χ0) is 21.8. The number of benzene rings is 2. The lowest BCUT2D eigenvalue weighted by molar-refractivity contribution is -0.116. The van der Waals surface area contributed by atoms with Crippen molar-refractivity contribution < 1.29 is 18.7 Å². The summed E-state index contributed by atoms with van der Waals surface area (Å²) in [7, 11) is 3.15. The van der Waals surface area contributed by atoms with E-state index in [1.807, 2.05) is 24.3 Å². The summed E-state index contributed by atoms with van der Waals surface area (Å²) < 4.78 is 24.2.